The lowest BCUT2D eigenvalue weighted by Gasteiger charge is -2.30. The van der Waals surface area contributed by atoms with Gasteiger partial charge in [-0.3, -0.25) is 9.10 Å². The number of rotatable bonds is 7. The van der Waals surface area contributed by atoms with Gasteiger partial charge in [0.25, 0.3) is 0 Å². The summed E-state index contributed by atoms with van der Waals surface area (Å²) in [7, 11) is -3.68. The molecule has 0 bridgehead atoms. The Hall–Kier alpha value is -3.12. The van der Waals surface area contributed by atoms with Gasteiger partial charge in [0.05, 0.1) is 18.0 Å². The molecule has 0 heterocycles. The summed E-state index contributed by atoms with van der Waals surface area (Å²) in [5.74, 6) is -0.372. The van der Waals surface area contributed by atoms with E-state index in [1.54, 1.807) is 19.1 Å². The quantitative estimate of drug-likeness (QED) is 0.598. The minimum atomic E-state index is -3.68. The molecule has 0 saturated heterocycles. The molecule has 3 aromatic carbocycles. The number of amides is 1. The molecule has 0 saturated carbocycles. The number of carbonyl (C=O) groups is 1. The molecule has 0 radical (unpaired) electrons. The average Bonchev–Trinajstić information content (AvgIpc) is 2.73. The Bertz CT molecular complexity index is 1140. The van der Waals surface area contributed by atoms with Gasteiger partial charge in [-0.25, -0.2) is 8.42 Å². The van der Waals surface area contributed by atoms with Gasteiger partial charge in [-0.2, -0.15) is 0 Å². The maximum absolute atomic E-state index is 13.3. The molecule has 1 N–H and O–H groups in total. The molecule has 1 amide bonds. The van der Waals surface area contributed by atoms with Crippen molar-refractivity contribution in [3.05, 3.63) is 101 Å². The largest absolute Gasteiger partial charge is 0.343 e. The summed E-state index contributed by atoms with van der Waals surface area (Å²) >= 11 is 0. The Morgan fingerprint density at radius 3 is 2.03 bits per heavy atom. The van der Waals surface area contributed by atoms with Crippen molar-refractivity contribution in [3.8, 4) is 0 Å². The first-order valence-electron chi connectivity index (χ1n) is 10.2. The maximum Gasteiger partial charge on any atom is 0.244 e. The van der Waals surface area contributed by atoms with E-state index in [9.17, 15) is 13.2 Å². The van der Waals surface area contributed by atoms with Gasteiger partial charge in [-0.05, 0) is 49.6 Å². The van der Waals surface area contributed by atoms with Crippen LogP contribution in [-0.2, 0) is 14.8 Å². The van der Waals surface area contributed by atoms with E-state index < -0.39 is 22.1 Å². The molecule has 31 heavy (non-hydrogen) atoms. The zero-order valence-electron chi connectivity index (χ0n) is 18.2. The fourth-order valence-corrected chi connectivity index (χ4v) is 4.83. The summed E-state index contributed by atoms with van der Waals surface area (Å²) in [6.45, 7) is 5.53. The first-order chi connectivity index (χ1) is 14.7. The Labute approximate surface area is 184 Å². The summed E-state index contributed by atoms with van der Waals surface area (Å²) < 4.78 is 26.3. The molecule has 0 fully saturated rings. The van der Waals surface area contributed by atoms with E-state index in [-0.39, 0.29) is 5.91 Å². The summed E-state index contributed by atoms with van der Waals surface area (Å²) in [4.78, 5) is 13.3. The minimum Gasteiger partial charge on any atom is -0.343 e. The van der Waals surface area contributed by atoms with Crippen LogP contribution in [0.15, 0.2) is 78.9 Å². The Morgan fingerprint density at radius 2 is 1.45 bits per heavy atom. The van der Waals surface area contributed by atoms with Crippen molar-refractivity contribution in [1.82, 2.24) is 5.32 Å². The van der Waals surface area contributed by atoms with Gasteiger partial charge in [0.2, 0.25) is 15.9 Å². The van der Waals surface area contributed by atoms with Crippen LogP contribution in [0.1, 0.15) is 35.2 Å². The van der Waals surface area contributed by atoms with E-state index in [1.165, 1.54) is 4.31 Å². The van der Waals surface area contributed by atoms with Crippen molar-refractivity contribution >= 4 is 21.6 Å². The number of anilines is 1. The van der Waals surface area contributed by atoms with Crippen LogP contribution in [0.25, 0.3) is 0 Å². The van der Waals surface area contributed by atoms with Crippen molar-refractivity contribution in [3.63, 3.8) is 0 Å². The molecule has 5 nitrogen and oxygen atoms in total. The van der Waals surface area contributed by atoms with Gasteiger partial charge >= 0.3 is 0 Å². The molecule has 162 valence electrons. The predicted molar refractivity (Wildman–Crippen MR) is 126 cm³/mol. The van der Waals surface area contributed by atoms with Crippen LogP contribution in [0.3, 0.4) is 0 Å². The van der Waals surface area contributed by atoms with Crippen LogP contribution in [0.2, 0.25) is 0 Å². The zero-order chi connectivity index (χ0) is 22.6. The van der Waals surface area contributed by atoms with E-state index >= 15 is 0 Å². The minimum absolute atomic E-state index is 0.372. The van der Waals surface area contributed by atoms with E-state index in [4.69, 9.17) is 0 Å². The molecule has 0 unspecified atom stereocenters. The number of aryl methyl sites for hydroxylation is 2. The second kappa shape index (κ2) is 9.35. The SMILES string of the molecule is Cc1ccc(N([C@H](C)C(=O)N[C@@H](c2ccccc2)c2ccccc2C)S(C)(=O)=O)cc1. The molecule has 0 spiro atoms. The fourth-order valence-electron chi connectivity index (χ4n) is 3.66. The third kappa shape index (κ3) is 5.33. The number of hydrogen-bond acceptors (Lipinski definition) is 3. The van der Waals surface area contributed by atoms with Gasteiger partial charge in [0.15, 0.2) is 0 Å². The van der Waals surface area contributed by atoms with E-state index in [2.05, 4.69) is 5.32 Å². The number of carbonyl (C=O) groups excluding carboxylic acids is 1. The predicted octanol–water partition coefficient (Wildman–Crippen LogP) is 4.36. The third-order valence-corrected chi connectivity index (χ3v) is 6.54. The topological polar surface area (TPSA) is 66.5 Å². The number of hydrogen-bond donors (Lipinski definition) is 1. The van der Waals surface area contributed by atoms with Gasteiger partial charge in [0.1, 0.15) is 6.04 Å². The summed E-state index contributed by atoms with van der Waals surface area (Å²) in [5.41, 5.74) is 4.41. The zero-order valence-corrected chi connectivity index (χ0v) is 19.1. The van der Waals surface area contributed by atoms with E-state index in [0.717, 1.165) is 28.5 Å². The van der Waals surface area contributed by atoms with Gasteiger partial charge in [-0.1, -0.05) is 72.3 Å². The van der Waals surface area contributed by atoms with Crippen LogP contribution in [0, 0.1) is 13.8 Å². The summed E-state index contributed by atoms with van der Waals surface area (Å²) in [6, 6.07) is 23.3. The van der Waals surface area contributed by atoms with Crippen LogP contribution in [0.5, 0.6) is 0 Å². The lowest BCUT2D eigenvalue weighted by atomic mass is 9.94. The second-order valence-electron chi connectivity index (χ2n) is 7.78. The highest BCUT2D eigenvalue weighted by atomic mass is 32.2. The highest BCUT2D eigenvalue weighted by Crippen LogP contribution is 2.26. The number of sulfonamides is 1. The normalized spacial score (nSPS) is 13.3. The van der Waals surface area contributed by atoms with Crippen molar-refractivity contribution in [2.24, 2.45) is 0 Å². The monoisotopic (exact) mass is 436 g/mol. The molecule has 0 aliphatic heterocycles. The highest BCUT2D eigenvalue weighted by Gasteiger charge is 2.31. The fraction of sp³-hybridized carbons (Fsp3) is 0.240. The molecule has 0 aliphatic rings. The standard InChI is InChI=1S/C25H28N2O3S/c1-18-14-16-22(17-15-18)27(31(4,29)30)20(3)25(28)26-24(21-11-6-5-7-12-21)23-13-9-8-10-19(23)2/h5-17,20,24H,1-4H3,(H,26,28)/t20-,24+/m1/s1. The molecule has 3 rings (SSSR count). The Morgan fingerprint density at radius 1 is 0.871 bits per heavy atom. The van der Waals surface area contributed by atoms with E-state index in [0.29, 0.717) is 5.69 Å². The van der Waals surface area contributed by atoms with E-state index in [1.807, 2.05) is 80.6 Å². The van der Waals surface area contributed by atoms with Crippen LogP contribution < -0.4 is 9.62 Å². The molecule has 2 atom stereocenters. The molecule has 6 heteroatoms. The summed E-state index contributed by atoms with van der Waals surface area (Å²) in [6.07, 6.45) is 1.12. The van der Waals surface area contributed by atoms with Gasteiger partial charge in [-0.15, -0.1) is 0 Å². The first kappa shape index (κ1) is 22.6. The van der Waals surface area contributed by atoms with Crippen LogP contribution in [-0.4, -0.2) is 26.6 Å². The summed E-state index contributed by atoms with van der Waals surface area (Å²) in [5, 5.41) is 3.08. The van der Waals surface area contributed by atoms with Crippen molar-refractivity contribution in [2.75, 3.05) is 10.6 Å². The molecular weight excluding hydrogens is 408 g/mol. The van der Waals surface area contributed by atoms with Crippen LogP contribution >= 0.6 is 0 Å². The maximum atomic E-state index is 13.3. The number of benzene rings is 3. The smallest absolute Gasteiger partial charge is 0.244 e. The Kier molecular flexibility index (Phi) is 6.81. The van der Waals surface area contributed by atoms with Crippen molar-refractivity contribution in [1.29, 1.82) is 0 Å². The molecule has 0 aliphatic carbocycles. The average molecular weight is 437 g/mol. The van der Waals surface area contributed by atoms with Gasteiger partial charge < -0.3 is 5.32 Å². The Balaban J connectivity index is 1.96. The molecule has 0 aromatic heterocycles. The lowest BCUT2D eigenvalue weighted by molar-refractivity contribution is -0.122. The number of nitrogens with zero attached hydrogens (tertiary/aromatic N) is 1. The first-order valence-corrected chi connectivity index (χ1v) is 12.0. The number of nitrogens with one attached hydrogen (secondary N) is 1. The lowest BCUT2D eigenvalue weighted by Crippen LogP contribution is -2.48. The second-order valence-corrected chi connectivity index (χ2v) is 9.64. The molecular formula is C25H28N2O3S. The third-order valence-electron chi connectivity index (χ3n) is 5.30. The van der Waals surface area contributed by atoms with Crippen molar-refractivity contribution < 1.29 is 13.2 Å². The highest BCUT2D eigenvalue weighted by molar-refractivity contribution is 7.92. The van der Waals surface area contributed by atoms with Crippen molar-refractivity contribution in [2.45, 2.75) is 32.9 Å². The van der Waals surface area contributed by atoms with Gasteiger partial charge in [0, 0.05) is 0 Å². The molecule has 3 aromatic rings. The van der Waals surface area contributed by atoms with Crippen LogP contribution in [0.4, 0.5) is 5.69 Å².